The van der Waals surface area contributed by atoms with Crippen LogP contribution in [0.15, 0.2) is 0 Å². The minimum Gasteiger partial charge on any atom is -0.480 e. The van der Waals surface area contributed by atoms with Crippen molar-refractivity contribution < 1.29 is 19.8 Å². The van der Waals surface area contributed by atoms with Gasteiger partial charge in [0.2, 0.25) is 0 Å². The molecule has 0 aliphatic heterocycles. The van der Waals surface area contributed by atoms with Gasteiger partial charge in [-0.25, -0.2) is 0 Å². The third kappa shape index (κ3) is 7.42. The monoisotopic (exact) mass is 189 g/mol. The fraction of sp³-hybridized carbons (Fsp3) is 0.750. The molecule has 0 fully saturated rings. The van der Waals surface area contributed by atoms with Gasteiger partial charge in [-0.05, 0) is 26.3 Å². The van der Waals surface area contributed by atoms with Gasteiger partial charge in [-0.15, -0.1) is 0 Å². The molecule has 0 aromatic heterocycles. The number of carbonyl (C=O) groups excluding carboxylic acids is 1. The highest BCUT2D eigenvalue weighted by atomic mass is 16.4. The minimum atomic E-state index is -0.911. The van der Waals surface area contributed by atoms with Gasteiger partial charge in [0, 0.05) is 0 Å². The molecule has 0 bridgehead atoms. The zero-order chi connectivity index (χ0) is 10.3. The summed E-state index contributed by atoms with van der Waals surface area (Å²) < 4.78 is 0. The molecule has 0 heterocycles. The zero-order valence-corrected chi connectivity index (χ0v) is 7.62. The second-order valence-corrected chi connectivity index (χ2v) is 2.84. The van der Waals surface area contributed by atoms with Crippen molar-refractivity contribution in [2.45, 2.75) is 25.9 Å². The van der Waals surface area contributed by atoms with E-state index in [2.05, 4.69) is 5.32 Å². The molecule has 5 heteroatoms. The van der Waals surface area contributed by atoms with Crippen LogP contribution in [0.5, 0.6) is 0 Å². The Labute approximate surface area is 76.8 Å². The van der Waals surface area contributed by atoms with Gasteiger partial charge >= 0.3 is 5.97 Å². The lowest BCUT2D eigenvalue weighted by atomic mass is 10.1. The summed E-state index contributed by atoms with van der Waals surface area (Å²) in [5, 5.41) is 19.9. The molecule has 5 nitrogen and oxygen atoms in total. The van der Waals surface area contributed by atoms with E-state index in [1.54, 1.807) is 0 Å². The van der Waals surface area contributed by atoms with Crippen LogP contribution < -0.4 is 5.32 Å². The van der Waals surface area contributed by atoms with E-state index in [9.17, 15) is 9.59 Å². The molecule has 0 spiro atoms. The highest BCUT2D eigenvalue weighted by Crippen LogP contribution is 1.96. The van der Waals surface area contributed by atoms with E-state index < -0.39 is 12.1 Å². The van der Waals surface area contributed by atoms with Crippen LogP contribution >= 0.6 is 0 Å². The Balaban J connectivity index is 3.26. The lowest BCUT2D eigenvalue weighted by Crippen LogP contribution is -2.25. The van der Waals surface area contributed by atoms with Gasteiger partial charge < -0.3 is 15.5 Å². The van der Waals surface area contributed by atoms with Crippen LogP contribution in [0.3, 0.4) is 0 Å². The van der Waals surface area contributed by atoms with Gasteiger partial charge in [-0.3, -0.25) is 9.59 Å². The number of ketones is 1. The maximum Gasteiger partial charge on any atom is 0.317 e. The van der Waals surface area contributed by atoms with Crippen LogP contribution in [0.1, 0.15) is 19.8 Å². The van der Waals surface area contributed by atoms with Crippen LogP contribution in [0.2, 0.25) is 0 Å². The Kier molecular flexibility index (Phi) is 6.09. The van der Waals surface area contributed by atoms with Gasteiger partial charge in [-0.1, -0.05) is 0 Å². The maximum atomic E-state index is 10.6. The van der Waals surface area contributed by atoms with Gasteiger partial charge in [0.05, 0.1) is 6.54 Å². The maximum absolute atomic E-state index is 10.6. The summed E-state index contributed by atoms with van der Waals surface area (Å²) in [5.74, 6) is -1.16. The smallest absolute Gasteiger partial charge is 0.317 e. The quantitative estimate of drug-likeness (QED) is 0.465. The highest BCUT2D eigenvalue weighted by molar-refractivity contribution is 5.79. The molecule has 0 rings (SSSR count). The molecule has 3 N–H and O–H groups in total. The second-order valence-electron chi connectivity index (χ2n) is 2.84. The standard InChI is InChI=1S/C8H15NO4/c1-6(10)7(11)3-2-4-9-5-8(12)13/h7,9,11H,2-5H2,1H3,(H,12,13). The average molecular weight is 189 g/mol. The molecule has 1 unspecified atom stereocenters. The molecule has 0 aliphatic carbocycles. The summed E-state index contributed by atoms with van der Waals surface area (Å²) in [7, 11) is 0. The first-order chi connectivity index (χ1) is 6.04. The number of nitrogens with one attached hydrogen (secondary N) is 1. The Morgan fingerprint density at radius 3 is 2.54 bits per heavy atom. The van der Waals surface area contributed by atoms with Crippen molar-refractivity contribution in [2.75, 3.05) is 13.1 Å². The number of hydrogen-bond acceptors (Lipinski definition) is 4. The third-order valence-electron chi connectivity index (χ3n) is 1.58. The van der Waals surface area contributed by atoms with Crippen molar-refractivity contribution in [1.29, 1.82) is 0 Å². The molecule has 0 radical (unpaired) electrons. The first-order valence-corrected chi connectivity index (χ1v) is 4.15. The topological polar surface area (TPSA) is 86.6 Å². The Hall–Kier alpha value is -0.940. The molecule has 0 aromatic carbocycles. The first kappa shape index (κ1) is 12.1. The lowest BCUT2D eigenvalue weighted by Gasteiger charge is -2.05. The van der Waals surface area contributed by atoms with E-state index in [1.165, 1.54) is 6.92 Å². The van der Waals surface area contributed by atoms with E-state index in [1.807, 2.05) is 0 Å². The number of rotatable bonds is 7. The molecule has 0 aromatic rings. The summed E-state index contributed by atoms with van der Waals surface area (Å²) >= 11 is 0. The van der Waals surface area contributed by atoms with E-state index in [0.717, 1.165) is 0 Å². The van der Waals surface area contributed by atoms with E-state index in [-0.39, 0.29) is 12.3 Å². The third-order valence-corrected chi connectivity index (χ3v) is 1.58. The van der Waals surface area contributed by atoms with Crippen LogP contribution in [-0.4, -0.2) is 41.2 Å². The highest BCUT2D eigenvalue weighted by Gasteiger charge is 2.08. The Morgan fingerprint density at radius 1 is 1.46 bits per heavy atom. The van der Waals surface area contributed by atoms with E-state index >= 15 is 0 Å². The average Bonchev–Trinajstić information content (AvgIpc) is 2.02. The number of Topliss-reactive ketones (excluding diaryl/α,β-unsaturated/α-hetero) is 1. The van der Waals surface area contributed by atoms with Gasteiger partial charge in [0.25, 0.3) is 0 Å². The molecule has 0 amide bonds. The van der Waals surface area contributed by atoms with Crippen LogP contribution in [0.25, 0.3) is 0 Å². The molecule has 0 saturated heterocycles. The number of carbonyl (C=O) groups is 2. The van der Waals surface area contributed by atoms with E-state index in [0.29, 0.717) is 19.4 Å². The molecule has 13 heavy (non-hydrogen) atoms. The SMILES string of the molecule is CC(=O)C(O)CCCNCC(=O)O. The fourth-order valence-corrected chi connectivity index (χ4v) is 0.819. The van der Waals surface area contributed by atoms with Crippen molar-refractivity contribution in [3.05, 3.63) is 0 Å². The number of aliphatic carboxylic acids is 1. The normalized spacial score (nSPS) is 12.5. The van der Waals surface area contributed by atoms with Gasteiger partial charge in [-0.2, -0.15) is 0 Å². The van der Waals surface area contributed by atoms with Crippen LogP contribution in [0.4, 0.5) is 0 Å². The summed E-state index contributed by atoms with van der Waals surface area (Å²) in [6.07, 6.45) is 0.0577. The summed E-state index contributed by atoms with van der Waals surface area (Å²) in [6, 6.07) is 0. The van der Waals surface area contributed by atoms with Crippen LogP contribution in [-0.2, 0) is 9.59 Å². The number of carboxylic acids is 1. The molecule has 0 aliphatic rings. The molecule has 1 atom stereocenters. The molecule has 0 saturated carbocycles. The predicted octanol–water partition coefficient (Wildman–Crippen LogP) is -0.609. The van der Waals surface area contributed by atoms with Gasteiger partial charge in [0.1, 0.15) is 6.10 Å². The molecular formula is C8H15NO4. The molecular weight excluding hydrogens is 174 g/mol. The number of carboxylic acid groups (broad SMARTS) is 1. The Bertz CT molecular complexity index is 181. The van der Waals surface area contributed by atoms with Crippen molar-refractivity contribution in [3.63, 3.8) is 0 Å². The van der Waals surface area contributed by atoms with Crippen molar-refractivity contribution in [1.82, 2.24) is 5.32 Å². The van der Waals surface area contributed by atoms with Crippen molar-refractivity contribution in [3.8, 4) is 0 Å². The largest absolute Gasteiger partial charge is 0.480 e. The van der Waals surface area contributed by atoms with Crippen molar-refractivity contribution in [2.24, 2.45) is 0 Å². The predicted molar refractivity (Wildman–Crippen MR) is 46.4 cm³/mol. The fourth-order valence-electron chi connectivity index (χ4n) is 0.819. The zero-order valence-electron chi connectivity index (χ0n) is 7.62. The number of hydrogen-bond donors (Lipinski definition) is 3. The first-order valence-electron chi connectivity index (χ1n) is 4.15. The number of aliphatic hydroxyl groups excluding tert-OH is 1. The Morgan fingerprint density at radius 2 is 2.08 bits per heavy atom. The second kappa shape index (κ2) is 6.56. The number of aliphatic hydroxyl groups is 1. The van der Waals surface area contributed by atoms with Crippen LogP contribution in [0, 0.1) is 0 Å². The van der Waals surface area contributed by atoms with Crippen molar-refractivity contribution >= 4 is 11.8 Å². The minimum absolute atomic E-state index is 0.0871. The summed E-state index contributed by atoms with van der Waals surface area (Å²) in [4.78, 5) is 20.6. The molecule has 76 valence electrons. The lowest BCUT2D eigenvalue weighted by molar-refractivity contribution is -0.136. The summed E-state index contributed by atoms with van der Waals surface area (Å²) in [6.45, 7) is 1.74. The summed E-state index contributed by atoms with van der Waals surface area (Å²) in [5.41, 5.74) is 0. The van der Waals surface area contributed by atoms with Gasteiger partial charge in [0.15, 0.2) is 5.78 Å². The van der Waals surface area contributed by atoms with E-state index in [4.69, 9.17) is 10.2 Å².